The smallest absolute Gasteiger partial charge is 0.105 e. The van der Waals surface area contributed by atoms with E-state index in [4.69, 9.17) is 9.84 Å². The second-order valence-electron chi connectivity index (χ2n) is 1.97. The van der Waals surface area contributed by atoms with Gasteiger partial charge in [-0.15, -0.1) is 0 Å². The Hall–Kier alpha value is -0.760. The molecule has 0 amide bonds. The van der Waals surface area contributed by atoms with Crippen molar-refractivity contribution in [2.24, 2.45) is 0 Å². The van der Waals surface area contributed by atoms with Crippen LogP contribution in [-0.4, -0.2) is 17.8 Å². The first-order valence-electron chi connectivity index (χ1n) is 3.35. The zero-order valence-electron chi connectivity index (χ0n) is 6.45. The van der Waals surface area contributed by atoms with Crippen LogP contribution in [-0.2, 0) is 4.74 Å². The summed E-state index contributed by atoms with van der Waals surface area (Å²) in [5.41, 5.74) is 0. The molecule has 0 aliphatic rings. The lowest BCUT2D eigenvalue weighted by Crippen LogP contribution is -1.92. The van der Waals surface area contributed by atoms with Gasteiger partial charge in [0.1, 0.15) is 6.61 Å². The van der Waals surface area contributed by atoms with Crippen LogP contribution in [0.25, 0.3) is 0 Å². The van der Waals surface area contributed by atoms with Crippen LogP contribution in [0.15, 0.2) is 24.5 Å². The zero-order valence-corrected chi connectivity index (χ0v) is 6.45. The summed E-state index contributed by atoms with van der Waals surface area (Å²) >= 11 is 0. The van der Waals surface area contributed by atoms with E-state index in [1.54, 1.807) is 13.0 Å². The highest BCUT2D eigenvalue weighted by Crippen LogP contribution is 1.84. The maximum absolute atomic E-state index is 8.72. The minimum absolute atomic E-state index is 0.425. The highest BCUT2D eigenvalue weighted by molar-refractivity contribution is 4.82. The van der Waals surface area contributed by atoms with E-state index in [-0.39, 0.29) is 0 Å². The molecule has 0 bridgehead atoms. The summed E-state index contributed by atoms with van der Waals surface area (Å²) in [6.07, 6.45) is 6.47. The standard InChI is InChI=1S/C8H14O2/c1-3-4-6-10-7-5-8(2)9/h3-5,7-9H,6H2,1-2H3. The second kappa shape index (κ2) is 6.36. The molecule has 0 aromatic carbocycles. The number of rotatable bonds is 4. The Morgan fingerprint density at radius 1 is 1.60 bits per heavy atom. The monoisotopic (exact) mass is 142 g/mol. The van der Waals surface area contributed by atoms with E-state index in [1.165, 1.54) is 6.26 Å². The first kappa shape index (κ1) is 9.24. The molecule has 0 saturated carbocycles. The van der Waals surface area contributed by atoms with Gasteiger partial charge in [0.05, 0.1) is 12.4 Å². The van der Waals surface area contributed by atoms with Gasteiger partial charge < -0.3 is 9.84 Å². The summed E-state index contributed by atoms with van der Waals surface area (Å²) in [6, 6.07) is 0. The van der Waals surface area contributed by atoms with Crippen LogP contribution in [0.1, 0.15) is 13.8 Å². The van der Waals surface area contributed by atoms with Crippen molar-refractivity contribution in [3.05, 3.63) is 24.5 Å². The van der Waals surface area contributed by atoms with E-state index in [2.05, 4.69) is 0 Å². The molecule has 0 heterocycles. The van der Waals surface area contributed by atoms with Crippen LogP contribution < -0.4 is 0 Å². The average Bonchev–Trinajstić information content (AvgIpc) is 1.87. The number of ether oxygens (including phenoxy) is 1. The minimum Gasteiger partial charge on any atom is -0.497 e. The summed E-state index contributed by atoms with van der Waals surface area (Å²) in [4.78, 5) is 0. The molecule has 1 unspecified atom stereocenters. The summed E-state index contributed by atoms with van der Waals surface area (Å²) in [5, 5.41) is 8.72. The molecule has 0 aromatic heterocycles. The van der Waals surface area contributed by atoms with Crippen LogP contribution in [0.3, 0.4) is 0 Å². The molecule has 10 heavy (non-hydrogen) atoms. The molecule has 2 heteroatoms. The van der Waals surface area contributed by atoms with Crippen LogP contribution in [0.5, 0.6) is 0 Å². The van der Waals surface area contributed by atoms with E-state index in [1.807, 2.05) is 19.1 Å². The van der Waals surface area contributed by atoms with Gasteiger partial charge in [-0.1, -0.05) is 12.2 Å². The molecule has 0 aliphatic heterocycles. The first-order chi connectivity index (χ1) is 4.77. The highest BCUT2D eigenvalue weighted by atomic mass is 16.5. The minimum atomic E-state index is -0.425. The third-order valence-corrected chi connectivity index (χ3v) is 0.881. The average molecular weight is 142 g/mol. The summed E-state index contributed by atoms with van der Waals surface area (Å²) < 4.78 is 4.96. The molecule has 58 valence electrons. The molecule has 0 aliphatic carbocycles. The van der Waals surface area contributed by atoms with Gasteiger partial charge >= 0.3 is 0 Å². The predicted molar refractivity (Wildman–Crippen MR) is 41.6 cm³/mol. The SMILES string of the molecule is CC=CCOC=CC(C)O. The molecule has 0 spiro atoms. The quantitative estimate of drug-likeness (QED) is 0.366. The van der Waals surface area contributed by atoms with Gasteiger partial charge in [0, 0.05) is 0 Å². The molecular formula is C8H14O2. The lowest BCUT2D eigenvalue weighted by atomic mass is 10.4. The third-order valence-electron chi connectivity index (χ3n) is 0.881. The van der Waals surface area contributed by atoms with E-state index in [0.29, 0.717) is 6.61 Å². The van der Waals surface area contributed by atoms with Crippen molar-refractivity contribution < 1.29 is 9.84 Å². The van der Waals surface area contributed by atoms with Crippen molar-refractivity contribution in [2.75, 3.05) is 6.61 Å². The van der Waals surface area contributed by atoms with Gasteiger partial charge in [-0.3, -0.25) is 0 Å². The van der Waals surface area contributed by atoms with Gasteiger partial charge in [-0.2, -0.15) is 0 Å². The maximum Gasteiger partial charge on any atom is 0.105 e. The van der Waals surface area contributed by atoms with Gasteiger partial charge in [0.25, 0.3) is 0 Å². The topological polar surface area (TPSA) is 29.5 Å². The predicted octanol–water partition coefficient (Wildman–Crippen LogP) is 1.47. The van der Waals surface area contributed by atoms with Crippen LogP contribution in [0.2, 0.25) is 0 Å². The van der Waals surface area contributed by atoms with Gasteiger partial charge in [0.15, 0.2) is 0 Å². The van der Waals surface area contributed by atoms with Crippen LogP contribution in [0, 0.1) is 0 Å². The maximum atomic E-state index is 8.72. The van der Waals surface area contributed by atoms with E-state index in [9.17, 15) is 0 Å². The second-order valence-corrected chi connectivity index (χ2v) is 1.97. The van der Waals surface area contributed by atoms with Gasteiger partial charge in [-0.25, -0.2) is 0 Å². The molecule has 0 aromatic rings. The molecule has 0 saturated heterocycles. The molecule has 0 rings (SSSR count). The summed E-state index contributed by atoms with van der Waals surface area (Å²) in [7, 11) is 0. The van der Waals surface area contributed by atoms with Crippen molar-refractivity contribution >= 4 is 0 Å². The van der Waals surface area contributed by atoms with Crippen molar-refractivity contribution in [3.8, 4) is 0 Å². The molecular weight excluding hydrogens is 128 g/mol. The first-order valence-corrected chi connectivity index (χ1v) is 3.35. The number of hydrogen-bond donors (Lipinski definition) is 1. The van der Waals surface area contributed by atoms with Crippen molar-refractivity contribution in [1.82, 2.24) is 0 Å². The van der Waals surface area contributed by atoms with E-state index in [0.717, 1.165) is 0 Å². The lowest BCUT2D eigenvalue weighted by Gasteiger charge is -1.95. The number of allylic oxidation sites excluding steroid dienone is 1. The Morgan fingerprint density at radius 2 is 2.30 bits per heavy atom. The summed E-state index contributed by atoms with van der Waals surface area (Å²) in [5.74, 6) is 0. The van der Waals surface area contributed by atoms with Crippen molar-refractivity contribution in [3.63, 3.8) is 0 Å². The van der Waals surface area contributed by atoms with Crippen LogP contribution >= 0.6 is 0 Å². The van der Waals surface area contributed by atoms with E-state index < -0.39 is 6.10 Å². The molecule has 1 atom stereocenters. The lowest BCUT2D eigenvalue weighted by molar-refractivity contribution is 0.231. The fourth-order valence-electron chi connectivity index (χ4n) is 0.377. The molecule has 2 nitrogen and oxygen atoms in total. The largest absolute Gasteiger partial charge is 0.497 e. The Balaban J connectivity index is 3.18. The Labute approximate surface area is 61.8 Å². The number of hydrogen-bond acceptors (Lipinski definition) is 2. The van der Waals surface area contributed by atoms with Crippen molar-refractivity contribution in [2.45, 2.75) is 20.0 Å². The molecule has 1 N–H and O–H groups in total. The molecule has 0 radical (unpaired) electrons. The Kier molecular flexibility index (Phi) is 5.88. The zero-order chi connectivity index (χ0) is 7.82. The fourth-order valence-corrected chi connectivity index (χ4v) is 0.377. The number of aliphatic hydroxyl groups excluding tert-OH is 1. The highest BCUT2D eigenvalue weighted by Gasteiger charge is 1.82. The third kappa shape index (κ3) is 7.24. The Bertz CT molecular complexity index is 114. The van der Waals surface area contributed by atoms with E-state index >= 15 is 0 Å². The van der Waals surface area contributed by atoms with Gasteiger partial charge in [-0.05, 0) is 19.9 Å². The molecule has 0 fully saturated rings. The number of aliphatic hydroxyl groups is 1. The fraction of sp³-hybridized carbons (Fsp3) is 0.500. The normalized spacial score (nSPS) is 14.7. The van der Waals surface area contributed by atoms with Crippen LogP contribution in [0.4, 0.5) is 0 Å². The summed E-state index contributed by atoms with van der Waals surface area (Å²) in [6.45, 7) is 4.18. The van der Waals surface area contributed by atoms with Crippen molar-refractivity contribution in [1.29, 1.82) is 0 Å². The Morgan fingerprint density at radius 3 is 2.80 bits per heavy atom. The van der Waals surface area contributed by atoms with Gasteiger partial charge in [0.2, 0.25) is 0 Å².